The number of rotatable bonds is 19. The van der Waals surface area contributed by atoms with Crippen molar-refractivity contribution in [3.63, 3.8) is 0 Å². The second-order valence-corrected chi connectivity index (χ2v) is 15.9. The lowest BCUT2D eigenvalue weighted by atomic mass is 10.0. The first-order valence-electron chi connectivity index (χ1n) is 16.2. The fourth-order valence-electron chi connectivity index (χ4n) is 6.19. The zero-order chi connectivity index (χ0) is 36.1. The molecule has 3 amide bonds. The summed E-state index contributed by atoms with van der Waals surface area (Å²) in [5.41, 5.74) is 6.20. The second-order valence-electron chi connectivity index (χ2n) is 12.2. The van der Waals surface area contributed by atoms with Crippen molar-refractivity contribution >= 4 is 62.3 Å². The molecule has 3 fully saturated rings. The van der Waals surface area contributed by atoms with E-state index in [9.17, 15) is 33.6 Å². The number of amides is 3. The average Bonchev–Trinajstić information content (AvgIpc) is 3.77. The third kappa shape index (κ3) is 10.3. The van der Waals surface area contributed by atoms with E-state index in [0.29, 0.717) is 31.2 Å². The van der Waals surface area contributed by atoms with Gasteiger partial charge in [-0.3, -0.25) is 18.4 Å². The molecule has 11 N–H and O–H groups in total. The van der Waals surface area contributed by atoms with Crippen molar-refractivity contribution in [2.75, 3.05) is 36.5 Å². The van der Waals surface area contributed by atoms with Crippen LogP contribution in [0.5, 0.6) is 0 Å². The number of phosphoric acid groups is 2. The van der Waals surface area contributed by atoms with Crippen LogP contribution < -0.4 is 27.0 Å². The van der Waals surface area contributed by atoms with Crippen LogP contribution in [0.15, 0.2) is 6.33 Å². The van der Waals surface area contributed by atoms with E-state index in [2.05, 4.69) is 40.7 Å². The first kappa shape index (κ1) is 38.6. The SMILES string of the molecule is Nc1ncnc2c1nc(NCCCCCCNC(=O)CCCC[C@@H]1SC[C@@H]3NC(=O)N[C@@H]31)n2[C@@H]1O[C@H](COP(=O)(O)O)[C@@H](O)[C@H]1OP(=O)(O)O. The van der Waals surface area contributed by atoms with Gasteiger partial charge in [0, 0.05) is 30.5 Å². The highest BCUT2D eigenvalue weighted by Crippen LogP contribution is 2.47. The Balaban J connectivity index is 1.07. The minimum atomic E-state index is -5.20. The van der Waals surface area contributed by atoms with Gasteiger partial charge in [-0.1, -0.05) is 19.3 Å². The average molecular weight is 768 g/mol. The molecule has 2 aromatic heterocycles. The van der Waals surface area contributed by atoms with Crippen molar-refractivity contribution in [1.29, 1.82) is 0 Å². The fraction of sp³-hybridized carbons (Fsp3) is 0.731. The summed E-state index contributed by atoms with van der Waals surface area (Å²) in [5.74, 6) is 1.02. The summed E-state index contributed by atoms with van der Waals surface area (Å²) in [6.07, 6.45) is 0.836. The molecule has 3 saturated heterocycles. The Kier molecular flexibility index (Phi) is 13.0. The highest BCUT2D eigenvalue weighted by Gasteiger charge is 2.50. The van der Waals surface area contributed by atoms with E-state index in [-0.39, 0.29) is 47.0 Å². The van der Waals surface area contributed by atoms with Crippen LogP contribution in [-0.4, -0.2) is 117 Å². The molecule has 50 heavy (non-hydrogen) atoms. The highest BCUT2D eigenvalue weighted by molar-refractivity contribution is 8.00. The molecule has 21 nitrogen and oxygen atoms in total. The molecule has 7 atom stereocenters. The van der Waals surface area contributed by atoms with E-state index in [0.717, 1.165) is 50.6 Å². The number of imidazole rings is 1. The van der Waals surface area contributed by atoms with Gasteiger partial charge in [-0.25, -0.2) is 28.9 Å². The van der Waals surface area contributed by atoms with Gasteiger partial charge in [0.25, 0.3) is 0 Å². The Morgan fingerprint density at radius 2 is 1.84 bits per heavy atom. The summed E-state index contributed by atoms with van der Waals surface area (Å²) in [6.45, 7) is 0.110. The molecule has 24 heteroatoms. The number of aliphatic hydroxyl groups excluding tert-OH is 1. The van der Waals surface area contributed by atoms with Gasteiger partial charge in [0.15, 0.2) is 23.2 Å². The summed E-state index contributed by atoms with van der Waals surface area (Å²) in [6, 6.07) is 0.265. The number of nitrogens with zero attached hydrogens (tertiary/aromatic N) is 4. The van der Waals surface area contributed by atoms with Crippen LogP contribution in [-0.2, 0) is 27.7 Å². The van der Waals surface area contributed by atoms with Crippen molar-refractivity contribution in [1.82, 2.24) is 35.5 Å². The Labute approximate surface area is 290 Å². The van der Waals surface area contributed by atoms with Crippen molar-refractivity contribution in [2.24, 2.45) is 0 Å². The molecule has 0 spiro atoms. The maximum absolute atomic E-state index is 12.3. The van der Waals surface area contributed by atoms with Gasteiger partial charge in [-0.2, -0.15) is 11.8 Å². The normalized spacial score (nSPS) is 26.6. The third-order valence-electron chi connectivity index (χ3n) is 8.53. The summed E-state index contributed by atoms with van der Waals surface area (Å²) in [7, 11) is -10.2. The molecule has 2 aromatic rings. The first-order valence-corrected chi connectivity index (χ1v) is 20.3. The largest absolute Gasteiger partial charge is 0.470 e. The number of unbranched alkanes of at least 4 members (excludes halogenated alkanes) is 4. The van der Waals surface area contributed by atoms with E-state index in [1.54, 1.807) is 0 Å². The highest BCUT2D eigenvalue weighted by atomic mass is 32.2. The number of nitrogen functional groups attached to an aromatic ring is 1. The van der Waals surface area contributed by atoms with Crippen LogP contribution in [0.3, 0.4) is 0 Å². The molecule has 0 aromatic carbocycles. The molecule has 280 valence electrons. The van der Waals surface area contributed by atoms with Crippen molar-refractivity contribution in [3.8, 4) is 0 Å². The second kappa shape index (κ2) is 16.8. The minimum absolute atomic E-state index is 0.00574. The zero-order valence-electron chi connectivity index (χ0n) is 26.9. The topological polar surface area (TPSA) is 315 Å². The van der Waals surface area contributed by atoms with Gasteiger partial charge in [0.05, 0.1) is 18.7 Å². The van der Waals surface area contributed by atoms with E-state index in [4.69, 9.17) is 24.8 Å². The van der Waals surface area contributed by atoms with Gasteiger partial charge >= 0.3 is 21.7 Å². The number of carbonyl (C=O) groups is 2. The Bertz CT molecular complexity index is 1590. The van der Waals surface area contributed by atoms with E-state index < -0.39 is 46.8 Å². The molecular weight excluding hydrogens is 724 g/mol. The van der Waals surface area contributed by atoms with Crippen LogP contribution in [0.25, 0.3) is 11.2 Å². The molecule has 3 aliphatic heterocycles. The maximum atomic E-state index is 12.3. The van der Waals surface area contributed by atoms with Crippen molar-refractivity contribution in [2.45, 2.75) is 93.2 Å². The molecule has 0 bridgehead atoms. The smallest absolute Gasteiger partial charge is 0.387 e. The predicted molar refractivity (Wildman–Crippen MR) is 178 cm³/mol. The number of anilines is 2. The lowest BCUT2D eigenvalue weighted by molar-refractivity contribution is -0.121. The van der Waals surface area contributed by atoms with Gasteiger partial charge in [-0.15, -0.1) is 0 Å². The fourth-order valence-corrected chi connectivity index (χ4v) is 8.62. The van der Waals surface area contributed by atoms with Crippen LogP contribution in [0.2, 0.25) is 0 Å². The number of thioether (sulfide) groups is 1. The molecule has 0 saturated carbocycles. The summed E-state index contributed by atoms with van der Waals surface area (Å²) >= 11 is 1.86. The van der Waals surface area contributed by atoms with Gasteiger partial charge < -0.3 is 56.4 Å². The number of fused-ring (bicyclic) bond motifs is 2. The number of urea groups is 1. The molecule has 0 unspecified atom stereocenters. The van der Waals surface area contributed by atoms with Gasteiger partial charge in [0.2, 0.25) is 11.9 Å². The van der Waals surface area contributed by atoms with Crippen LogP contribution in [0.1, 0.15) is 57.6 Å². The van der Waals surface area contributed by atoms with Gasteiger partial charge in [-0.05, 0) is 25.7 Å². The number of hydrogen-bond donors (Lipinski definition) is 10. The Morgan fingerprint density at radius 3 is 2.58 bits per heavy atom. The Hall–Kier alpha value is -2.62. The number of aliphatic hydroxyl groups is 1. The quantitative estimate of drug-likeness (QED) is 0.0513. The minimum Gasteiger partial charge on any atom is -0.387 e. The number of phosphoric ester groups is 2. The lowest BCUT2D eigenvalue weighted by Gasteiger charge is -2.23. The zero-order valence-corrected chi connectivity index (χ0v) is 29.5. The summed E-state index contributed by atoms with van der Waals surface area (Å²) in [5, 5.41) is 23.2. The molecule has 5 heterocycles. The van der Waals surface area contributed by atoms with Crippen LogP contribution in [0.4, 0.5) is 16.6 Å². The van der Waals surface area contributed by atoms with E-state index in [1.165, 1.54) is 4.57 Å². The number of nitrogens with two attached hydrogens (primary N) is 1. The first-order chi connectivity index (χ1) is 23.7. The van der Waals surface area contributed by atoms with Crippen LogP contribution >= 0.6 is 27.4 Å². The predicted octanol–water partition coefficient (Wildman–Crippen LogP) is 0.0683. The Morgan fingerprint density at radius 1 is 1.08 bits per heavy atom. The monoisotopic (exact) mass is 767 g/mol. The molecule has 5 rings (SSSR count). The van der Waals surface area contributed by atoms with Crippen molar-refractivity contribution < 1.29 is 57.2 Å². The number of nitrogens with one attached hydrogen (secondary N) is 4. The number of aromatic nitrogens is 4. The molecule has 0 aliphatic carbocycles. The lowest BCUT2D eigenvalue weighted by Crippen LogP contribution is -2.36. The van der Waals surface area contributed by atoms with E-state index in [1.807, 2.05) is 11.8 Å². The number of hydrogen-bond acceptors (Lipinski definition) is 14. The molecular formula is C26H43N9O12P2S. The van der Waals surface area contributed by atoms with Gasteiger partial charge in [0.1, 0.15) is 24.6 Å². The summed E-state index contributed by atoms with van der Waals surface area (Å²) in [4.78, 5) is 73.6. The molecule has 0 radical (unpaired) electrons. The standard InChI is InChI=1S/C26H43N9O12P2S/c27-22-19-23(31-13-30-22)35(24-21(47-49(42,43)44)20(37)15(46-24)11-45-48(39,40)41)25(33-19)29-10-6-2-1-5-9-28-17(36)8-4-3-7-16-18-14(12-50-16)32-26(38)34-18/h13-16,18,20-21,24,37H,1-12H2,(H,28,36)(H,29,33)(H2,27,30,31)(H2,32,34,38)(H2,39,40,41)(H2,42,43,44)/t14-,15+,16-,18-,20+,21+,24+/m0/s1. The maximum Gasteiger partial charge on any atom is 0.470 e. The van der Waals surface area contributed by atoms with Crippen LogP contribution in [0, 0.1) is 0 Å². The number of carbonyl (C=O) groups excluding carboxylic acids is 2. The van der Waals surface area contributed by atoms with E-state index >= 15 is 0 Å². The number of ether oxygens (including phenoxy) is 1. The summed E-state index contributed by atoms with van der Waals surface area (Å²) < 4.78 is 39.4. The third-order valence-corrected chi connectivity index (χ3v) is 11.0. The molecule has 3 aliphatic rings. The van der Waals surface area contributed by atoms with Crippen molar-refractivity contribution in [3.05, 3.63) is 6.33 Å².